The van der Waals surface area contributed by atoms with Gasteiger partial charge in [0.1, 0.15) is 17.6 Å². The zero-order valence-corrected chi connectivity index (χ0v) is 21.2. The molecule has 37 heavy (non-hydrogen) atoms. The molecule has 0 amide bonds. The monoisotopic (exact) mass is 513 g/mol. The quantitative estimate of drug-likeness (QED) is 0.352. The molecule has 7 heteroatoms. The van der Waals surface area contributed by atoms with Crippen molar-refractivity contribution in [2.45, 2.75) is 36.2 Å². The molecule has 0 aromatic heterocycles. The molecule has 3 aliphatic rings. The molecule has 3 aromatic rings. The number of sulfonamides is 1. The Morgan fingerprint density at radius 2 is 1.68 bits per heavy atom. The highest BCUT2D eigenvalue weighted by molar-refractivity contribution is 7.89. The molecule has 2 bridgehead atoms. The van der Waals surface area contributed by atoms with Crippen LogP contribution in [0.15, 0.2) is 114 Å². The van der Waals surface area contributed by atoms with Gasteiger partial charge in [-0.3, -0.25) is 4.79 Å². The topological polar surface area (TPSA) is 72.9 Å². The second kappa shape index (κ2) is 8.52. The molecule has 0 saturated carbocycles. The van der Waals surface area contributed by atoms with Crippen molar-refractivity contribution in [2.24, 2.45) is 5.41 Å². The maximum Gasteiger partial charge on any atom is 0.321 e. The fraction of sp³-hybridized carbons (Fsp3) is 0.233. The van der Waals surface area contributed by atoms with Crippen LogP contribution in [0.1, 0.15) is 22.7 Å². The molecule has 0 radical (unpaired) electrons. The third-order valence-electron chi connectivity index (χ3n) is 7.79. The molecular formula is C30H27NO5S. The third-order valence-corrected chi connectivity index (χ3v) is 9.62. The number of carbonyl (C=O) groups excluding carboxylic acids is 1. The number of ether oxygens (including phenoxy) is 2. The standard InChI is InChI=1S/C30H27NO5S/c1-21-13-15-25(16-14-21)37(33,34)31-20-29(28(32)35-19-23-9-5-3-6-10-23)22(2)26-17-18-30(29,36-26)27(31)24-11-7-4-8-12-24/h3-18,26-27H,2,19-20H2,1H3/t26-,27-,29-,30-/m0/s1. The number of esters is 1. The molecule has 6 rings (SSSR count). The number of hydrogen-bond donors (Lipinski definition) is 0. The smallest absolute Gasteiger partial charge is 0.321 e. The van der Waals surface area contributed by atoms with Gasteiger partial charge < -0.3 is 9.47 Å². The summed E-state index contributed by atoms with van der Waals surface area (Å²) in [6.07, 6.45) is 3.22. The summed E-state index contributed by atoms with van der Waals surface area (Å²) in [6.45, 7) is 6.10. The highest BCUT2D eigenvalue weighted by atomic mass is 32.2. The summed E-state index contributed by atoms with van der Waals surface area (Å²) < 4.78 is 42.1. The van der Waals surface area contributed by atoms with E-state index < -0.39 is 39.2 Å². The number of carbonyl (C=O) groups is 1. The van der Waals surface area contributed by atoms with Crippen LogP contribution in [0.2, 0.25) is 0 Å². The van der Waals surface area contributed by atoms with E-state index in [1.165, 1.54) is 4.31 Å². The van der Waals surface area contributed by atoms with E-state index >= 15 is 0 Å². The Hall–Kier alpha value is -3.52. The van der Waals surface area contributed by atoms with Crippen LogP contribution in [0.5, 0.6) is 0 Å². The highest BCUT2D eigenvalue weighted by Crippen LogP contribution is 2.67. The number of aryl methyl sites for hydroxylation is 1. The van der Waals surface area contributed by atoms with Gasteiger partial charge in [0.05, 0.1) is 17.0 Å². The Morgan fingerprint density at radius 3 is 2.35 bits per heavy atom. The van der Waals surface area contributed by atoms with E-state index in [1.807, 2.05) is 79.7 Å². The van der Waals surface area contributed by atoms with E-state index in [1.54, 1.807) is 24.3 Å². The van der Waals surface area contributed by atoms with Crippen LogP contribution in [0, 0.1) is 12.3 Å². The summed E-state index contributed by atoms with van der Waals surface area (Å²) in [5, 5.41) is 0. The molecule has 2 fully saturated rings. The molecule has 0 aliphatic carbocycles. The van der Waals surface area contributed by atoms with Crippen molar-refractivity contribution in [1.29, 1.82) is 0 Å². The second-order valence-corrected chi connectivity index (χ2v) is 11.8. The predicted octanol–water partition coefficient (Wildman–Crippen LogP) is 4.73. The first kappa shape index (κ1) is 23.9. The lowest BCUT2D eigenvalue weighted by molar-refractivity contribution is -0.160. The molecule has 0 unspecified atom stereocenters. The van der Waals surface area contributed by atoms with E-state index in [0.29, 0.717) is 5.57 Å². The van der Waals surface area contributed by atoms with Crippen molar-refractivity contribution in [1.82, 2.24) is 4.31 Å². The van der Waals surface area contributed by atoms with Crippen molar-refractivity contribution in [3.8, 4) is 0 Å². The van der Waals surface area contributed by atoms with Gasteiger partial charge in [-0.1, -0.05) is 97.1 Å². The molecular weight excluding hydrogens is 486 g/mol. The number of hydrogen-bond acceptors (Lipinski definition) is 5. The van der Waals surface area contributed by atoms with E-state index in [-0.39, 0.29) is 18.0 Å². The van der Waals surface area contributed by atoms with Crippen molar-refractivity contribution in [3.63, 3.8) is 0 Å². The Balaban J connectivity index is 1.49. The normalized spacial score (nSPS) is 28.4. The van der Waals surface area contributed by atoms with Crippen LogP contribution in [0.4, 0.5) is 0 Å². The van der Waals surface area contributed by atoms with Crippen LogP contribution in [0.25, 0.3) is 0 Å². The van der Waals surface area contributed by atoms with Crippen molar-refractivity contribution in [2.75, 3.05) is 6.54 Å². The number of nitrogens with zero attached hydrogens (tertiary/aromatic N) is 1. The lowest BCUT2D eigenvalue weighted by Gasteiger charge is -2.37. The largest absolute Gasteiger partial charge is 0.460 e. The Morgan fingerprint density at radius 1 is 1.03 bits per heavy atom. The van der Waals surface area contributed by atoms with Crippen LogP contribution < -0.4 is 0 Å². The van der Waals surface area contributed by atoms with Gasteiger partial charge in [-0.05, 0) is 35.8 Å². The van der Waals surface area contributed by atoms with Gasteiger partial charge in [0, 0.05) is 6.54 Å². The number of rotatable bonds is 6. The highest BCUT2D eigenvalue weighted by Gasteiger charge is 2.77. The van der Waals surface area contributed by atoms with Gasteiger partial charge in [-0.25, -0.2) is 8.42 Å². The SMILES string of the molecule is C=C1[C@@H]2C=C[C@]3(O2)[C@H](c2ccccc2)N(S(=O)(=O)c2ccc(C)cc2)C[C@@]13C(=O)OCc1ccccc1. The number of fused-ring (bicyclic) bond motifs is 1. The van der Waals surface area contributed by atoms with E-state index in [0.717, 1.165) is 16.7 Å². The molecule has 0 N–H and O–H groups in total. The zero-order valence-electron chi connectivity index (χ0n) is 20.4. The summed E-state index contributed by atoms with van der Waals surface area (Å²) in [7, 11) is -4.02. The van der Waals surface area contributed by atoms with Gasteiger partial charge in [-0.15, -0.1) is 0 Å². The average molecular weight is 514 g/mol. The van der Waals surface area contributed by atoms with Crippen molar-refractivity contribution >= 4 is 16.0 Å². The van der Waals surface area contributed by atoms with Crippen molar-refractivity contribution < 1.29 is 22.7 Å². The third kappa shape index (κ3) is 3.38. The van der Waals surface area contributed by atoms with Gasteiger partial charge in [0.2, 0.25) is 10.0 Å². The molecule has 4 atom stereocenters. The van der Waals surface area contributed by atoms with E-state index in [2.05, 4.69) is 6.58 Å². The Labute approximate surface area is 216 Å². The molecule has 1 spiro atoms. The number of benzene rings is 3. The average Bonchev–Trinajstić information content (AvgIpc) is 3.56. The summed E-state index contributed by atoms with van der Waals surface area (Å²) in [6, 6.07) is 24.7. The lowest BCUT2D eigenvalue weighted by atomic mass is 9.65. The summed E-state index contributed by atoms with van der Waals surface area (Å²) in [4.78, 5) is 14.2. The zero-order chi connectivity index (χ0) is 25.8. The van der Waals surface area contributed by atoms with Crippen LogP contribution in [-0.4, -0.2) is 36.9 Å². The first-order valence-electron chi connectivity index (χ1n) is 12.2. The molecule has 3 aliphatic heterocycles. The first-order chi connectivity index (χ1) is 17.8. The molecule has 3 heterocycles. The van der Waals surface area contributed by atoms with Crippen LogP contribution in [0.3, 0.4) is 0 Å². The lowest BCUT2D eigenvalue weighted by Crippen LogP contribution is -2.50. The van der Waals surface area contributed by atoms with Gasteiger partial charge in [-0.2, -0.15) is 4.31 Å². The predicted molar refractivity (Wildman–Crippen MR) is 139 cm³/mol. The van der Waals surface area contributed by atoms with Crippen molar-refractivity contribution in [3.05, 3.63) is 126 Å². The minimum absolute atomic E-state index is 0.0693. The van der Waals surface area contributed by atoms with E-state index in [9.17, 15) is 13.2 Å². The maximum atomic E-state index is 14.1. The molecule has 3 aromatic carbocycles. The van der Waals surface area contributed by atoms with Gasteiger partial charge >= 0.3 is 5.97 Å². The Bertz CT molecular complexity index is 1500. The van der Waals surface area contributed by atoms with E-state index in [4.69, 9.17) is 9.47 Å². The molecule has 6 nitrogen and oxygen atoms in total. The molecule has 2 saturated heterocycles. The van der Waals surface area contributed by atoms with Crippen LogP contribution in [-0.2, 0) is 30.9 Å². The minimum Gasteiger partial charge on any atom is -0.460 e. The first-order valence-corrected chi connectivity index (χ1v) is 13.6. The maximum absolute atomic E-state index is 14.1. The summed E-state index contributed by atoms with van der Waals surface area (Å²) in [5.41, 5.74) is 0.385. The van der Waals surface area contributed by atoms with Gasteiger partial charge in [0.25, 0.3) is 0 Å². The van der Waals surface area contributed by atoms with Gasteiger partial charge in [0.15, 0.2) is 0 Å². The fourth-order valence-corrected chi connectivity index (χ4v) is 7.59. The fourth-order valence-electron chi connectivity index (χ4n) is 5.92. The Kier molecular flexibility index (Phi) is 5.49. The minimum atomic E-state index is -4.02. The van der Waals surface area contributed by atoms with Crippen LogP contribution >= 0.6 is 0 Å². The summed E-state index contributed by atoms with van der Waals surface area (Å²) >= 11 is 0. The summed E-state index contributed by atoms with van der Waals surface area (Å²) in [5.74, 6) is -0.532. The molecule has 188 valence electrons. The second-order valence-electron chi connectivity index (χ2n) is 9.86.